The lowest BCUT2D eigenvalue weighted by Crippen LogP contribution is -2.34. The van der Waals surface area contributed by atoms with Gasteiger partial charge in [0.1, 0.15) is 5.75 Å². The van der Waals surface area contributed by atoms with Gasteiger partial charge in [-0.1, -0.05) is 6.07 Å². The smallest absolute Gasteiger partial charge is 0.256 e. The standard InChI is InChI=1S/C13H17N3O3/c1-19-10-4-2-3-9(12(10)14)13(18)16-7-5-11(17)15-6-8-16/h2-4H,5-8,14H2,1H3,(H,15,17). The van der Waals surface area contributed by atoms with E-state index < -0.39 is 0 Å². The van der Waals surface area contributed by atoms with Crippen molar-refractivity contribution in [1.82, 2.24) is 10.2 Å². The number of nitrogens with two attached hydrogens (primary N) is 1. The molecule has 2 amide bonds. The van der Waals surface area contributed by atoms with E-state index in [0.717, 1.165) is 0 Å². The molecule has 2 rings (SSSR count). The lowest BCUT2D eigenvalue weighted by Gasteiger charge is -2.20. The van der Waals surface area contributed by atoms with Gasteiger partial charge in [0.15, 0.2) is 0 Å². The Bertz CT molecular complexity index is 502. The number of hydrogen-bond acceptors (Lipinski definition) is 4. The van der Waals surface area contributed by atoms with E-state index in [9.17, 15) is 9.59 Å². The van der Waals surface area contributed by atoms with Crippen LogP contribution in [-0.4, -0.2) is 43.5 Å². The maximum atomic E-state index is 12.4. The Morgan fingerprint density at radius 2 is 2.21 bits per heavy atom. The molecule has 0 aromatic heterocycles. The van der Waals surface area contributed by atoms with Gasteiger partial charge in [0.2, 0.25) is 5.91 Å². The number of ether oxygens (including phenoxy) is 1. The second-order valence-electron chi connectivity index (χ2n) is 4.31. The molecule has 0 unspecified atom stereocenters. The molecule has 0 saturated carbocycles. The van der Waals surface area contributed by atoms with Crippen LogP contribution >= 0.6 is 0 Å². The van der Waals surface area contributed by atoms with Crippen molar-refractivity contribution in [2.75, 3.05) is 32.5 Å². The second-order valence-corrected chi connectivity index (χ2v) is 4.31. The molecule has 0 spiro atoms. The maximum Gasteiger partial charge on any atom is 0.256 e. The van der Waals surface area contributed by atoms with Gasteiger partial charge in [0.05, 0.1) is 18.4 Å². The average Bonchev–Trinajstić information content (AvgIpc) is 2.63. The average molecular weight is 263 g/mol. The monoisotopic (exact) mass is 263 g/mol. The van der Waals surface area contributed by atoms with Crippen LogP contribution in [0.2, 0.25) is 0 Å². The molecule has 0 bridgehead atoms. The quantitative estimate of drug-likeness (QED) is 0.749. The molecule has 0 radical (unpaired) electrons. The van der Waals surface area contributed by atoms with Crippen LogP contribution in [0.4, 0.5) is 5.69 Å². The Morgan fingerprint density at radius 1 is 1.42 bits per heavy atom. The van der Waals surface area contributed by atoms with Crippen molar-refractivity contribution in [3.63, 3.8) is 0 Å². The largest absolute Gasteiger partial charge is 0.495 e. The molecule has 1 aromatic carbocycles. The molecule has 6 heteroatoms. The lowest BCUT2D eigenvalue weighted by molar-refractivity contribution is -0.120. The highest BCUT2D eigenvalue weighted by molar-refractivity contribution is 6.00. The van der Waals surface area contributed by atoms with Gasteiger partial charge in [0.25, 0.3) is 5.91 Å². The minimum Gasteiger partial charge on any atom is -0.495 e. The molecule has 19 heavy (non-hydrogen) atoms. The van der Waals surface area contributed by atoms with Crippen LogP contribution in [0.5, 0.6) is 5.75 Å². The molecule has 6 nitrogen and oxygen atoms in total. The predicted molar refractivity (Wildman–Crippen MR) is 70.9 cm³/mol. The summed E-state index contributed by atoms with van der Waals surface area (Å²) in [5.74, 6) is 0.275. The Balaban J connectivity index is 2.21. The molecular formula is C13H17N3O3. The van der Waals surface area contributed by atoms with Gasteiger partial charge in [0, 0.05) is 26.1 Å². The van der Waals surface area contributed by atoms with Crippen molar-refractivity contribution in [1.29, 1.82) is 0 Å². The Labute approximate surface area is 111 Å². The van der Waals surface area contributed by atoms with Crippen LogP contribution in [0.3, 0.4) is 0 Å². The maximum absolute atomic E-state index is 12.4. The number of carbonyl (C=O) groups is 2. The number of nitrogens with one attached hydrogen (secondary N) is 1. The topological polar surface area (TPSA) is 84.7 Å². The SMILES string of the molecule is COc1cccc(C(=O)N2CCNC(=O)CC2)c1N. The normalized spacial score (nSPS) is 15.6. The number of nitrogens with zero attached hydrogens (tertiary/aromatic N) is 1. The van der Waals surface area contributed by atoms with Crippen molar-refractivity contribution in [2.24, 2.45) is 0 Å². The first-order chi connectivity index (χ1) is 9.13. The number of methoxy groups -OCH3 is 1. The molecular weight excluding hydrogens is 246 g/mol. The first kappa shape index (κ1) is 13.2. The van der Waals surface area contributed by atoms with Crippen molar-refractivity contribution in [2.45, 2.75) is 6.42 Å². The molecule has 1 fully saturated rings. The predicted octanol–water partition coefficient (Wildman–Crippen LogP) is 0.240. The minimum absolute atomic E-state index is 0.0334. The third-order valence-corrected chi connectivity index (χ3v) is 3.12. The van der Waals surface area contributed by atoms with Crippen LogP contribution in [0.25, 0.3) is 0 Å². The van der Waals surface area contributed by atoms with Gasteiger partial charge in [-0.2, -0.15) is 0 Å². The van der Waals surface area contributed by atoms with Crippen molar-refractivity contribution < 1.29 is 14.3 Å². The number of para-hydroxylation sites is 1. The second kappa shape index (κ2) is 5.60. The molecule has 1 aromatic rings. The van der Waals surface area contributed by atoms with Crippen LogP contribution in [-0.2, 0) is 4.79 Å². The number of benzene rings is 1. The van der Waals surface area contributed by atoms with Gasteiger partial charge in [-0.3, -0.25) is 9.59 Å². The highest BCUT2D eigenvalue weighted by Crippen LogP contribution is 2.25. The van der Waals surface area contributed by atoms with Gasteiger partial charge in [-0.25, -0.2) is 0 Å². The molecule has 102 valence electrons. The zero-order valence-electron chi connectivity index (χ0n) is 10.8. The summed E-state index contributed by atoms with van der Waals surface area (Å²) in [6, 6.07) is 5.10. The van der Waals surface area contributed by atoms with E-state index in [1.54, 1.807) is 23.1 Å². The highest BCUT2D eigenvalue weighted by Gasteiger charge is 2.22. The van der Waals surface area contributed by atoms with E-state index in [-0.39, 0.29) is 11.8 Å². The number of nitrogen functional groups attached to an aromatic ring is 1. The van der Waals surface area contributed by atoms with Crippen molar-refractivity contribution in [3.05, 3.63) is 23.8 Å². The Morgan fingerprint density at radius 3 is 2.95 bits per heavy atom. The van der Waals surface area contributed by atoms with E-state index in [2.05, 4.69) is 5.32 Å². The van der Waals surface area contributed by atoms with Gasteiger partial charge in [-0.15, -0.1) is 0 Å². The lowest BCUT2D eigenvalue weighted by atomic mass is 10.1. The summed E-state index contributed by atoms with van der Waals surface area (Å²) in [5, 5.41) is 2.73. The van der Waals surface area contributed by atoms with Crippen LogP contribution in [0, 0.1) is 0 Å². The van der Waals surface area contributed by atoms with Crippen molar-refractivity contribution in [3.8, 4) is 5.75 Å². The first-order valence-electron chi connectivity index (χ1n) is 6.12. The van der Waals surface area contributed by atoms with Crippen LogP contribution in [0.1, 0.15) is 16.8 Å². The summed E-state index contributed by atoms with van der Waals surface area (Å²) >= 11 is 0. The van der Waals surface area contributed by atoms with Crippen LogP contribution in [0.15, 0.2) is 18.2 Å². The summed E-state index contributed by atoms with van der Waals surface area (Å²) in [6.07, 6.45) is 0.315. The van der Waals surface area contributed by atoms with E-state index in [4.69, 9.17) is 10.5 Å². The number of amides is 2. The fraction of sp³-hybridized carbons (Fsp3) is 0.385. The van der Waals surface area contributed by atoms with Gasteiger partial charge >= 0.3 is 0 Å². The Kier molecular flexibility index (Phi) is 3.89. The highest BCUT2D eigenvalue weighted by atomic mass is 16.5. The molecule has 0 atom stereocenters. The molecule has 1 aliphatic rings. The zero-order chi connectivity index (χ0) is 13.8. The molecule has 1 heterocycles. The number of hydrogen-bond donors (Lipinski definition) is 2. The number of rotatable bonds is 2. The van der Waals surface area contributed by atoms with Gasteiger partial charge in [-0.05, 0) is 12.1 Å². The van der Waals surface area contributed by atoms with E-state index in [1.165, 1.54) is 7.11 Å². The van der Waals surface area contributed by atoms with E-state index >= 15 is 0 Å². The first-order valence-corrected chi connectivity index (χ1v) is 6.12. The van der Waals surface area contributed by atoms with E-state index in [0.29, 0.717) is 43.1 Å². The third-order valence-electron chi connectivity index (χ3n) is 3.12. The third kappa shape index (κ3) is 2.78. The fourth-order valence-corrected chi connectivity index (χ4v) is 2.05. The number of carbonyl (C=O) groups excluding carboxylic acids is 2. The fourth-order valence-electron chi connectivity index (χ4n) is 2.05. The van der Waals surface area contributed by atoms with E-state index in [1.807, 2.05) is 0 Å². The summed E-state index contributed by atoms with van der Waals surface area (Å²) < 4.78 is 5.10. The molecule has 3 N–H and O–H groups in total. The molecule has 1 saturated heterocycles. The summed E-state index contributed by atoms with van der Waals surface area (Å²) in [6.45, 7) is 1.36. The van der Waals surface area contributed by atoms with Crippen LogP contribution < -0.4 is 15.8 Å². The Hall–Kier alpha value is -2.24. The molecule has 1 aliphatic heterocycles. The number of anilines is 1. The summed E-state index contributed by atoms with van der Waals surface area (Å²) in [7, 11) is 1.51. The van der Waals surface area contributed by atoms with Gasteiger partial charge < -0.3 is 20.7 Å². The molecule has 0 aliphatic carbocycles. The minimum atomic E-state index is -0.173. The summed E-state index contributed by atoms with van der Waals surface area (Å²) in [5.41, 5.74) is 6.66. The zero-order valence-corrected chi connectivity index (χ0v) is 10.8. The summed E-state index contributed by atoms with van der Waals surface area (Å²) in [4.78, 5) is 25.3. The van der Waals surface area contributed by atoms with Crippen molar-refractivity contribution >= 4 is 17.5 Å².